The molecule has 1 aromatic carbocycles. The van der Waals surface area contributed by atoms with Gasteiger partial charge in [0.1, 0.15) is 0 Å². The van der Waals surface area contributed by atoms with E-state index in [2.05, 4.69) is 40.7 Å². The third-order valence-electron chi connectivity index (χ3n) is 2.58. The molecule has 3 N–H and O–H groups in total. The highest BCUT2D eigenvalue weighted by atomic mass is 32.2. The van der Waals surface area contributed by atoms with Crippen molar-refractivity contribution < 1.29 is 0 Å². The van der Waals surface area contributed by atoms with Crippen LogP contribution < -0.4 is 5.73 Å². The van der Waals surface area contributed by atoms with Crippen molar-refractivity contribution in [3.63, 3.8) is 0 Å². The van der Waals surface area contributed by atoms with Gasteiger partial charge in [0.15, 0.2) is 0 Å². The van der Waals surface area contributed by atoms with E-state index in [-0.39, 0.29) is 0 Å². The Morgan fingerprint density at radius 2 is 2.12 bits per heavy atom. The van der Waals surface area contributed by atoms with Crippen LogP contribution in [-0.4, -0.2) is 22.2 Å². The second-order valence-corrected chi connectivity index (χ2v) is 4.57. The van der Waals surface area contributed by atoms with Crippen LogP contribution in [0.4, 0.5) is 5.69 Å². The average molecular weight is 233 g/mol. The van der Waals surface area contributed by atoms with Gasteiger partial charge >= 0.3 is 0 Å². The first-order chi connectivity index (χ1) is 7.83. The van der Waals surface area contributed by atoms with Gasteiger partial charge in [-0.1, -0.05) is 30.3 Å². The Bertz CT molecular complexity index is 439. The van der Waals surface area contributed by atoms with E-state index in [4.69, 9.17) is 5.73 Å². The van der Waals surface area contributed by atoms with Gasteiger partial charge in [-0.05, 0) is 11.8 Å². The van der Waals surface area contributed by atoms with E-state index in [1.807, 2.05) is 17.8 Å². The van der Waals surface area contributed by atoms with Gasteiger partial charge in [-0.3, -0.25) is 5.10 Å². The monoisotopic (exact) mass is 233 g/mol. The van der Waals surface area contributed by atoms with Gasteiger partial charge < -0.3 is 5.73 Å². The Kier molecular flexibility index (Phi) is 3.51. The number of hydrogen-bond acceptors (Lipinski definition) is 3. The van der Waals surface area contributed by atoms with E-state index < -0.39 is 0 Å². The van der Waals surface area contributed by atoms with Crippen molar-refractivity contribution in [1.82, 2.24) is 10.2 Å². The normalized spacial score (nSPS) is 12.6. The van der Waals surface area contributed by atoms with Crippen molar-refractivity contribution in [3.05, 3.63) is 47.8 Å². The summed E-state index contributed by atoms with van der Waals surface area (Å²) in [5.41, 5.74) is 8.93. The average Bonchev–Trinajstić information content (AvgIpc) is 2.73. The SMILES string of the molecule is CSCC(c1ccccc1)c1[nH]ncc1N. The molecule has 0 radical (unpaired) electrons. The number of rotatable bonds is 4. The first kappa shape index (κ1) is 11.1. The summed E-state index contributed by atoms with van der Waals surface area (Å²) in [5, 5.41) is 6.99. The highest BCUT2D eigenvalue weighted by Gasteiger charge is 2.17. The molecule has 0 spiro atoms. The molecule has 0 bridgehead atoms. The Hall–Kier alpha value is -1.42. The number of nitrogens with one attached hydrogen (secondary N) is 1. The Morgan fingerprint density at radius 1 is 1.38 bits per heavy atom. The highest BCUT2D eigenvalue weighted by molar-refractivity contribution is 7.98. The summed E-state index contributed by atoms with van der Waals surface area (Å²) in [7, 11) is 0. The standard InChI is InChI=1S/C12H15N3S/c1-16-8-10(9-5-3-2-4-6-9)12-11(13)7-14-15-12/h2-7,10H,8,13H2,1H3,(H,14,15). The first-order valence-electron chi connectivity index (χ1n) is 5.15. The van der Waals surface area contributed by atoms with Gasteiger partial charge in [-0.25, -0.2) is 0 Å². The molecule has 0 aliphatic heterocycles. The quantitative estimate of drug-likeness (QED) is 0.853. The minimum absolute atomic E-state index is 0.290. The fourth-order valence-corrected chi connectivity index (χ4v) is 2.48. The zero-order valence-electron chi connectivity index (χ0n) is 9.18. The van der Waals surface area contributed by atoms with E-state index in [9.17, 15) is 0 Å². The second kappa shape index (κ2) is 5.07. The summed E-state index contributed by atoms with van der Waals surface area (Å²) in [6.07, 6.45) is 3.77. The summed E-state index contributed by atoms with van der Waals surface area (Å²) >= 11 is 1.81. The third-order valence-corrected chi connectivity index (χ3v) is 3.25. The molecule has 2 aromatic rings. The molecule has 0 saturated heterocycles. The molecule has 0 aliphatic carbocycles. The number of aromatic amines is 1. The van der Waals surface area contributed by atoms with E-state index in [0.29, 0.717) is 5.92 Å². The molecule has 0 fully saturated rings. The lowest BCUT2D eigenvalue weighted by molar-refractivity contribution is 0.867. The number of aromatic nitrogens is 2. The maximum atomic E-state index is 5.91. The summed E-state index contributed by atoms with van der Waals surface area (Å²) in [6, 6.07) is 10.4. The summed E-state index contributed by atoms with van der Waals surface area (Å²) in [4.78, 5) is 0. The number of benzene rings is 1. The van der Waals surface area contributed by atoms with E-state index in [0.717, 1.165) is 17.1 Å². The molecule has 84 valence electrons. The van der Waals surface area contributed by atoms with E-state index in [1.54, 1.807) is 6.20 Å². The van der Waals surface area contributed by atoms with E-state index in [1.165, 1.54) is 5.56 Å². The van der Waals surface area contributed by atoms with Crippen LogP contribution in [0.1, 0.15) is 17.2 Å². The lowest BCUT2D eigenvalue weighted by Gasteiger charge is -2.15. The lowest BCUT2D eigenvalue weighted by Crippen LogP contribution is -2.07. The van der Waals surface area contributed by atoms with Crippen LogP contribution in [-0.2, 0) is 0 Å². The van der Waals surface area contributed by atoms with Crippen molar-refractivity contribution in [2.24, 2.45) is 0 Å². The molecule has 1 aromatic heterocycles. The molecule has 1 heterocycles. The van der Waals surface area contributed by atoms with Crippen LogP contribution in [0.15, 0.2) is 36.5 Å². The number of nitrogens with zero attached hydrogens (tertiary/aromatic N) is 1. The van der Waals surface area contributed by atoms with Gasteiger partial charge in [0, 0.05) is 11.7 Å². The van der Waals surface area contributed by atoms with Crippen molar-refractivity contribution >= 4 is 17.4 Å². The Morgan fingerprint density at radius 3 is 2.69 bits per heavy atom. The maximum Gasteiger partial charge on any atom is 0.0737 e. The highest BCUT2D eigenvalue weighted by Crippen LogP contribution is 2.29. The number of thioether (sulfide) groups is 1. The molecule has 4 heteroatoms. The maximum absolute atomic E-state index is 5.91. The smallest absolute Gasteiger partial charge is 0.0737 e. The number of nitrogens with two attached hydrogens (primary N) is 1. The first-order valence-corrected chi connectivity index (χ1v) is 6.55. The van der Waals surface area contributed by atoms with Crippen LogP contribution in [0.2, 0.25) is 0 Å². The molecule has 0 saturated carbocycles. The topological polar surface area (TPSA) is 54.7 Å². The van der Waals surface area contributed by atoms with Crippen molar-refractivity contribution in [2.75, 3.05) is 17.7 Å². The lowest BCUT2D eigenvalue weighted by atomic mass is 9.97. The minimum Gasteiger partial charge on any atom is -0.396 e. The van der Waals surface area contributed by atoms with Crippen LogP contribution in [0.3, 0.4) is 0 Å². The largest absolute Gasteiger partial charge is 0.396 e. The fraction of sp³-hybridized carbons (Fsp3) is 0.250. The molecule has 16 heavy (non-hydrogen) atoms. The molecular weight excluding hydrogens is 218 g/mol. The third kappa shape index (κ3) is 2.22. The van der Waals surface area contributed by atoms with Gasteiger partial charge in [-0.2, -0.15) is 16.9 Å². The Labute approximate surface area is 99.4 Å². The Balaban J connectivity index is 2.35. The number of nitrogen functional groups attached to an aromatic ring is 1. The molecule has 1 atom stereocenters. The van der Waals surface area contributed by atoms with Crippen molar-refractivity contribution in [3.8, 4) is 0 Å². The zero-order chi connectivity index (χ0) is 11.4. The number of anilines is 1. The molecule has 0 aliphatic rings. The van der Waals surface area contributed by atoms with Crippen molar-refractivity contribution in [1.29, 1.82) is 0 Å². The number of hydrogen-bond donors (Lipinski definition) is 2. The van der Waals surface area contributed by atoms with Crippen LogP contribution in [0.25, 0.3) is 0 Å². The summed E-state index contributed by atoms with van der Waals surface area (Å²) in [6.45, 7) is 0. The number of H-pyrrole nitrogens is 1. The molecule has 1 unspecified atom stereocenters. The minimum atomic E-state index is 0.290. The van der Waals surface area contributed by atoms with Gasteiger partial charge in [0.2, 0.25) is 0 Å². The predicted octanol–water partition coefficient (Wildman–Crippen LogP) is 2.49. The summed E-state index contributed by atoms with van der Waals surface area (Å²) < 4.78 is 0. The zero-order valence-corrected chi connectivity index (χ0v) is 10.00. The molecular formula is C12H15N3S. The van der Waals surface area contributed by atoms with Gasteiger partial charge in [-0.15, -0.1) is 0 Å². The fourth-order valence-electron chi connectivity index (χ4n) is 1.78. The van der Waals surface area contributed by atoms with Crippen LogP contribution in [0, 0.1) is 0 Å². The molecule has 0 amide bonds. The second-order valence-electron chi connectivity index (χ2n) is 3.66. The van der Waals surface area contributed by atoms with Crippen LogP contribution >= 0.6 is 11.8 Å². The van der Waals surface area contributed by atoms with Gasteiger partial charge in [0.05, 0.1) is 17.6 Å². The molecule has 3 nitrogen and oxygen atoms in total. The summed E-state index contributed by atoms with van der Waals surface area (Å²) in [5.74, 6) is 1.29. The predicted molar refractivity (Wildman–Crippen MR) is 69.7 cm³/mol. The van der Waals surface area contributed by atoms with Crippen molar-refractivity contribution in [2.45, 2.75) is 5.92 Å². The molecule has 2 rings (SSSR count). The van der Waals surface area contributed by atoms with E-state index >= 15 is 0 Å². The van der Waals surface area contributed by atoms with Crippen LogP contribution in [0.5, 0.6) is 0 Å². The van der Waals surface area contributed by atoms with Gasteiger partial charge in [0.25, 0.3) is 0 Å².